The lowest BCUT2D eigenvalue weighted by atomic mass is 10.1. The number of benzene rings is 2. The Kier molecular flexibility index (Phi) is 4.07. The van der Waals surface area contributed by atoms with Gasteiger partial charge in [0.05, 0.1) is 20.9 Å². The number of fused-ring (bicyclic) bond motifs is 2. The quantitative estimate of drug-likeness (QED) is 0.755. The Morgan fingerprint density at radius 3 is 3.04 bits per heavy atom. The minimum absolute atomic E-state index is 0.0321. The Hall–Kier alpha value is -2.93. The predicted octanol–water partition coefficient (Wildman–Crippen LogP) is 2.60. The normalized spacial score (nSPS) is 13.0. The second-order valence-electron chi connectivity index (χ2n) is 5.63. The minimum Gasteiger partial charge on any atom is -0.482 e. The molecule has 25 heavy (non-hydrogen) atoms. The van der Waals surface area contributed by atoms with E-state index < -0.39 is 0 Å². The molecule has 0 saturated carbocycles. The summed E-state index contributed by atoms with van der Waals surface area (Å²) in [6.45, 7) is 0.475. The zero-order chi connectivity index (χ0) is 17.2. The number of hydrogen-bond acceptors (Lipinski definition) is 5. The molecule has 1 aliphatic heterocycles. The van der Waals surface area contributed by atoms with Gasteiger partial charge in [-0.05, 0) is 30.3 Å². The summed E-state index contributed by atoms with van der Waals surface area (Å²) in [6, 6.07) is 13.0. The van der Waals surface area contributed by atoms with Crippen molar-refractivity contribution in [3.05, 3.63) is 53.0 Å². The number of carbonyl (C=O) groups is 2. The Morgan fingerprint density at radius 2 is 2.16 bits per heavy atom. The van der Waals surface area contributed by atoms with Gasteiger partial charge in [-0.2, -0.15) is 0 Å². The average Bonchev–Trinajstić information content (AvgIpc) is 3.04. The highest BCUT2D eigenvalue weighted by atomic mass is 32.1. The molecule has 0 fully saturated rings. The predicted molar refractivity (Wildman–Crippen MR) is 96.2 cm³/mol. The van der Waals surface area contributed by atoms with Crippen LogP contribution in [0.3, 0.4) is 0 Å². The monoisotopic (exact) mass is 353 g/mol. The molecule has 6 nitrogen and oxygen atoms in total. The number of rotatable bonds is 4. The van der Waals surface area contributed by atoms with E-state index in [4.69, 9.17) is 4.74 Å². The summed E-state index contributed by atoms with van der Waals surface area (Å²) < 4.78 is 6.48. The van der Waals surface area contributed by atoms with Crippen LogP contribution < -0.4 is 15.4 Å². The Labute approximate surface area is 147 Å². The van der Waals surface area contributed by atoms with E-state index in [0.717, 1.165) is 15.2 Å². The van der Waals surface area contributed by atoms with Gasteiger partial charge in [-0.25, -0.2) is 4.98 Å². The zero-order valence-electron chi connectivity index (χ0n) is 13.2. The first kappa shape index (κ1) is 15.6. The van der Waals surface area contributed by atoms with Crippen LogP contribution in [-0.4, -0.2) is 29.9 Å². The Morgan fingerprint density at radius 1 is 1.28 bits per heavy atom. The first-order valence-corrected chi connectivity index (χ1v) is 8.70. The number of aromatic nitrogens is 1. The fourth-order valence-corrected chi connectivity index (χ4v) is 3.59. The molecule has 3 aromatic rings. The lowest BCUT2D eigenvalue weighted by molar-refractivity contribution is -0.118. The van der Waals surface area contributed by atoms with Crippen LogP contribution in [0.15, 0.2) is 42.5 Å². The number of nitrogens with one attached hydrogen (secondary N) is 2. The third-order valence-corrected chi connectivity index (χ3v) is 4.94. The second-order valence-corrected chi connectivity index (χ2v) is 6.74. The van der Waals surface area contributed by atoms with Crippen LogP contribution in [-0.2, 0) is 11.2 Å². The summed E-state index contributed by atoms with van der Waals surface area (Å²) >= 11 is 1.64. The SMILES string of the molecule is O=C1COc2cc(C(=O)NCCc3nc4ccccc4s3)ccc2N1. The van der Waals surface area contributed by atoms with Gasteiger partial charge in [-0.15, -0.1) is 11.3 Å². The number of para-hydroxylation sites is 1. The molecule has 0 unspecified atom stereocenters. The molecule has 0 spiro atoms. The van der Waals surface area contributed by atoms with E-state index in [1.165, 1.54) is 0 Å². The molecule has 0 bridgehead atoms. The largest absolute Gasteiger partial charge is 0.482 e. The van der Waals surface area contributed by atoms with E-state index >= 15 is 0 Å². The molecule has 2 heterocycles. The minimum atomic E-state index is -0.194. The first-order valence-electron chi connectivity index (χ1n) is 7.88. The molecular weight excluding hydrogens is 338 g/mol. The van der Waals surface area contributed by atoms with Crippen molar-refractivity contribution in [3.63, 3.8) is 0 Å². The van der Waals surface area contributed by atoms with Crippen LogP contribution in [0.4, 0.5) is 5.69 Å². The third-order valence-electron chi connectivity index (χ3n) is 3.84. The van der Waals surface area contributed by atoms with Crippen LogP contribution in [0, 0.1) is 0 Å². The molecule has 0 atom stereocenters. The summed E-state index contributed by atoms with van der Waals surface area (Å²) in [5.74, 6) is 0.142. The van der Waals surface area contributed by atoms with Crippen molar-refractivity contribution in [1.29, 1.82) is 0 Å². The van der Waals surface area contributed by atoms with Crippen LogP contribution in [0.1, 0.15) is 15.4 Å². The van der Waals surface area contributed by atoms with E-state index in [1.807, 2.05) is 24.3 Å². The number of anilines is 1. The highest BCUT2D eigenvalue weighted by molar-refractivity contribution is 7.18. The van der Waals surface area contributed by atoms with Gasteiger partial charge >= 0.3 is 0 Å². The molecule has 2 N–H and O–H groups in total. The Bertz CT molecular complexity index is 934. The van der Waals surface area contributed by atoms with Gasteiger partial charge < -0.3 is 15.4 Å². The summed E-state index contributed by atoms with van der Waals surface area (Å²) in [6.07, 6.45) is 0.683. The van der Waals surface area contributed by atoms with Crippen molar-refractivity contribution in [3.8, 4) is 5.75 Å². The molecule has 2 amide bonds. The molecule has 2 aromatic carbocycles. The van der Waals surface area contributed by atoms with Crippen LogP contribution in [0.5, 0.6) is 5.75 Å². The zero-order valence-corrected chi connectivity index (χ0v) is 14.1. The van der Waals surface area contributed by atoms with Gasteiger partial charge in [-0.1, -0.05) is 12.1 Å². The Balaban J connectivity index is 1.38. The van der Waals surface area contributed by atoms with Gasteiger partial charge in [0, 0.05) is 18.5 Å². The summed E-state index contributed by atoms with van der Waals surface area (Å²) in [7, 11) is 0. The van der Waals surface area contributed by atoms with Crippen molar-refractivity contribution < 1.29 is 14.3 Å². The van der Waals surface area contributed by atoms with E-state index in [0.29, 0.717) is 30.0 Å². The molecule has 1 aromatic heterocycles. The van der Waals surface area contributed by atoms with Gasteiger partial charge in [0.25, 0.3) is 11.8 Å². The fourth-order valence-electron chi connectivity index (χ4n) is 2.63. The van der Waals surface area contributed by atoms with E-state index in [-0.39, 0.29) is 18.4 Å². The fraction of sp³-hybridized carbons (Fsp3) is 0.167. The number of carbonyl (C=O) groups excluding carboxylic acids is 2. The molecule has 126 valence electrons. The summed E-state index contributed by atoms with van der Waals surface area (Å²) in [5, 5.41) is 6.59. The van der Waals surface area contributed by atoms with Gasteiger partial charge in [0.15, 0.2) is 6.61 Å². The number of amides is 2. The first-order chi connectivity index (χ1) is 12.2. The molecule has 0 saturated heterocycles. The topological polar surface area (TPSA) is 80.3 Å². The van der Waals surface area contributed by atoms with Gasteiger partial charge in [0.1, 0.15) is 5.75 Å². The lowest BCUT2D eigenvalue weighted by Gasteiger charge is -2.18. The summed E-state index contributed by atoms with van der Waals surface area (Å²) in [4.78, 5) is 28.1. The smallest absolute Gasteiger partial charge is 0.262 e. The highest BCUT2D eigenvalue weighted by Crippen LogP contribution is 2.28. The van der Waals surface area contributed by atoms with Gasteiger partial charge in [0.2, 0.25) is 0 Å². The van der Waals surface area contributed by atoms with Gasteiger partial charge in [-0.3, -0.25) is 9.59 Å². The summed E-state index contributed by atoms with van der Waals surface area (Å²) in [5.41, 5.74) is 2.07. The maximum absolute atomic E-state index is 12.3. The van der Waals surface area contributed by atoms with Crippen molar-refractivity contribution in [2.24, 2.45) is 0 Å². The average molecular weight is 353 g/mol. The molecule has 0 aliphatic carbocycles. The van der Waals surface area contributed by atoms with Crippen molar-refractivity contribution in [2.45, 2.75) is 6.42 Å². The van der Waals surface area contributed by atoms with Crippen molar-refractivity contribution >= 4 is 39.1 Å². The number of hydrogen-bond donors (Lipinski definition) is 2. The van der Waals surface area contributed by atoms with Crippen molar-refractivity contribution in [1.82, 2.24) is 10.3 Å². The van der Waals surface area contributed by atoms with Crippen LogP contribution in [0.25, 0.3) is 10.2 Å². The van der Waals surface area contributed by atoms with E-state index in [2.05, 4.69) is 15.6 Å². The number of nitrogens with zero attached hydrogens (tertiary/aromatic N) is 1. The standard InChI is InChI=1S/C18H15N3O3S/c22-16-10-24-14-9-11(5-6-12(14)20-16)18(23)19-8-7-17-21-13-3-1-2-4-15(13)25-17/h1-6,9H,7-8,10H2,(H,19,23)(H,20,22). The molecule has 7 heteroatoms. The van der Waals surface area contributed by atoms with E-state index in [9.17, 15) is 9.59 Å². The molecular formula is C18H15N3O3S. The van der Waals surface area contributed by atoms with E-state index in [1.54, 1.807) is 29.5 Å². The number of ether oxygens (including phenoxy) is 1. The lowest BCUT2D eigenvalue weighted by Crippen LogP contribution is -2.27. The van der Waals surface area contributed by atoms with Crippen molar-refractivity contribution in [2.75, 3.05) is 18.5 Å². The second kappa shape index (κ2) is 6.52. The molecule has 4 rings (SSSR count). The maximum Gasteiger partial charge on any atom is 0.262 e. The number of thiazole rings is 1. The van der Waals surface area contributed by atoms with Crippen LogP contribution >= 0.6 is 11.3 Å². The highest BCUT2D eigenvalue weighted by Gasteiger charge is 2.17. The molecule has 1 aliphatic rings. The molecule has 0 radical (unpaired) electrons. The third kappa shape index (κ3) is 3.32. The maximum atomic E-state index is 12.3. The van der Waals surface area contributed by atoms with Crippen LogP contribution in [0.2, 0.25) is 0 Å².